The van der Waals surface area contributed by atoms with Crippen molar-refractivity contribution in [3.05, 3.63) is 59.1 Å². The summed E-state index contributed by atoms with van der Waals surface area (Å²) in [6, 6.07) is 5.63. The van der Waals surface area contributed by atoms with E-state index in [1.807, 2.05) is 25.1 Å². The summed E-state index contributed by atoms with van der Waals surface area (Å²) in [7, 11) is 0. The zero-order valence-corrected chi connectivity index (χ0v) is 11.5. The van der Waals surface area contributed by atoms with Crippen LogP contribution in [0.25, 0.3) is 0 Å². The van der Waals surface area contributed by atoms with Crippen LogP contribution in [0.3, 0.4) is 0 Å². The molecule has 1 aromatic rings. The molecule has 0 aromatic heterocycles. The molecule has 0 fully saturated rings. The molecule has 0 heterocycles. The van der Waals surface area contributed by atoms with Crippen LogP contribution in [-0.4, -0.2) is 23.9 Å². The van der Waals surface area contributed by atoms with Crippen molar-refractivity contribution in [2.24, 2.45) is 0 Å². The fraction of sp³-hybridized carbons (Fsp3) is 0.214. The van der Waals surface area contributed by atoms with E-state index in [1.165, 1.54) is 0 Å². The highest BCUT2D eigenvalue weighted by Crippen LogP contribution is 2.20. The molecule has 2 nitrogen and oxygen atoms in total. The second-order valence-corrected chi connectivity index (χ2v) is 4.55. The lowest BCUT2D eigenvalue weighted by Crippen LogP contribution is -2.31. The highest BCUT2D eigenvalue weighted by molar-refractivity contribution is 9.10. The predicted molar refractivity (Wildman–Crippen MR) is 75.2 cm³/mol. The smallest absolute Gasteiger partial charge is 0.254 e. The molecule has 90 valence electrons. The van der Waals surface area contributed by atoms with Gasteiger partial charge < -0.3 is 4.90 Å². The first-order valence-corrected chi connectivity index (χ1v) is 6.17. The second kappa shape index (κ2) is 6.40. The molecular weight excluding hydrogens is 278 g/mol. The van der Waals surface area contributed by atoms with Gasteiger partial charge in [0.25, 0.3) is 5.91 Å². The van der Waals surface area contributed by atoms with E-state index < -0.39 is 0 Å². The summed E-state index contributed by atoms with van der Waals surface area (Å²) in [5, 5.41) is 0. The Bertz CT molecular complexity index is 430. The molecule has 0 saturated heterocycles. The molecule has 0 radical (unpaired) electrons. The monoisotopic (exact) mass is 293 g/mol. The molecule has 0 aliphatic carbocycles. The Morgan fingerprint density at radius 3 is 2.47 bits per heavy atom. The number of rotatable bonds is 5. The van der Waals surface area contributed by atoms with Gasteiger partial charge in [-0.2, -0.15) is 0 Å². The molecular formula is C14H16BrNO. The maximum Gasteiger partial charge on any atom is 0.254 e. The third kappa shape index (κ3) is 3.30. The highest BCUT2D eigenvalue weighted by atomic mass is 79.9. The Morgan fingerprint density at radius 2 is 1.94 bits per heavy atom. The van der Waals surface area contributed by atoms with Gasteiger partial charge in [-0.15, -0.1) is 13.2 Å². The van der Waals surface area contributed by atoms with Crippen molar-refractivity contribution in [1.82, 2.24) is 4.90 Å². The molecule has 0 spiro atoms. The predicted octanol–water partition coefficient (Wildman–Crippen LogP) is 3.57. The van der Waals surface area contributed by atoms with E-state index in [0.717, 1.165) is 10.0 Å². The van der Waals surface area contributed by atoms with E-state index in [4.69, 9.17) is 0 Å². The number of halogens is 1. The molecule has 0 aliphatic heterocycles. The van der Waals surface area contributed by atoms with Crippen LogP contribution in [0.1, 0.15) is 15.9 Å². The first-order chi connectivity index (χ1) is 8.11. The van der Waals surface area contributed by atoms with E-state index in [1.54, 1.807) is 17.1 Å². The lowest BCUT2D eigenvalue weighted by Gasteiger charge is -2.20. The highest BCUT2D eigenvalue weighted by Gasteiger charge is 2.16. The topological polar surface area (TPSA) is 20.3 Å². The first kappa shape index (κ1) is 13.7. The van der Waals surface area contributed by atoms with Crippen LogP contribution in [0.15, 0.2) is 48.0 Å². The fourth-order valence-electron chi connectivity index (χ4n) is 1.56. The summed E-state index contributed by atoms with van der Waals surface area (Å²) in [5.74, 6) is 0.00333. The molecule has 1 amide bonds. The number of hydrogen-bond donors (Lipinski definition) is 0. The van der Waals surface area contributed by atoms with Crippen LogP contribution in [0, 0.1) is 6.92 Å². The summed E-state index contributed by atoms with van der Waals surface area (Å²) in [4.78, 5) is 14.0. The molecule has 3 heteroatoms. The summed E-state index contributed by atoms with van der Waals surface area (Å²) in [6.45, 7) is 10.3. The number of hydrogen-bond acceptors (Lipinski definition) is 1. The number of benzene rings is 1. The van der Waals surface area contributed by atoms with Gasteiger partial charge in [0, 0.05) is 23.1 Å². The van der Waals surface area contributed by atoms with Crippen LogP contribution in [-0.2, 0) is 0 Å². The van der Waals surface area contributed by atoms with Gasteiger partial charge in [0.2, 0.25) is 0 Å². The fourth-order valence-corrected chi connectivity index (χ4v) is 1.93. The maximum atomic E-state index is 12.3. The Labute approximate surface area is 111 Å². The molecule has 0 unspecified atom stereocenters. The minimum atomic E-state index is 0.00333. The van der Waals surface area contributed by atoms with Gasteiger partial charge >= 0.3 is 0 Å². The third-order valence-corrected chi connectivity index (χ3v) is 3.34. The van der Waals surface area contributed by atoms with E-state index in [0.29, 0.717) is 18.7 Å². The standard InChI is InChI=1S/C14H16BrNO/c1-4-9-16(10-5-2)14(17)12-7-6-8-13(15)11(12)3/h4-8H,1-2,9-10H2,3H3. The minimum Gasteiger partial charge on any atom is -0.331 e. The SMILES string of the molecule is C=CCN(CC=C)C(=O)c1cccc(Br)c1C. The normalized spacial score (nSPS) is 9.76. The van der Waals surface area contributed by atoms with Crippen molar-refractivity contribution in [1.29, 1.82) is 0 Å². The van der Waals surface area contributed by atoms with Crippen LogP contribution < -0.4 is 0 Å². The van der Waals surface area contributed by atoms with Crippen molar-refractivity contribution in [3.8, 4) is 0 Å². The van der Waals surface area contributed by atoms with Crippen LogP contribution in [0.2, 0.25) is 0 Å². The van der Waals surface area contributed by atoms with Gasteiger partial charge in [-0.1, -0.05) is 34.1 Å². The number of carbonyl (C=O) groups excluding carboxylic acids is 1. The maximum absolute atomic E-state index is 12.3. The lowest BCUT2D eigenvalue weighted by atomic mass is 10.1. The lowest BCUT2D eigenvalue weighted by molar-refractivity contribution is 0.0790. The number of carbonyl (C=O) groups is 1. The molecule has 0 aliphatic rings. The van der Waals surface area contributed by atoms with E-state index >= 15 is 0 Å². The van der Waals surface area contributed by atoms with Gasteiger partial charge in [0.1, 0.15) is 0 Å². The van der Waals surface area contributed by atoms with Gasteiger partial charge in [-0.3, -0.25) is 4.79 Å². The number of nitrogens with zero attached hydrogens (tertiary/aromatic N) is 1. The van der Waals surface area contributed by atoms with Gasteiger partial charge in [0.05, 0.1) is 0 Å². The molecule has 1 rings (SSSR count). The molecule has 0 bridgehead atoms. The van der Waals surface area contributed by atoms with Crippen molar-refractivity contribution < 1.29 is 4.79 Å². The van der Waals surface area contributed by atoms with Crippen LogP contribution in [0.4, 0.5) is 0 Å². The molecule has 0 saturated carbocycles. The van der Waals surface area contributed by atoms with Crippen molar-refractivity contribution in [3.63, 3.8) is 0 Å². The van der Waals surface area contributed by atoms with Gasteiger partial charge in [0.15, 0.2) is 0 Å². The summed E-state index contributed by atoms with van der Waals surface area (Å²) >= 11 is 3.43. The quantitative estimate of drug-likeness (QED) is 0.760. The molecule has 0 N–H and O–H groups in total. The van der Waals surface area contributed by atoms with E-state index in [-0.39, 0.29) is 5.91 Å². The summed E-state index contributed by atoms with van der Waals surface area (Å²) < 4.78 is 0.945. The Balaban J connectivity index is 3.04. The van der Waals surface area contributed by atoms with E-state index in [9.17, 15) is 4.79 Å². The summed E-state index contributed by atoms with van der Waals surface area (Å²) in [5.41, 5.74) is 1.67. The van der Waals surface area contributed by atoms with E-state index in [2.05, 4.69) is 29.1 Å². The van der Waals surface area contributed by atoms with Crippen molar-refractivity contribution >= 4 is 21.8 Å². The second-order valence-electron chi connectivity index (χ2n) is 3.70. The Morgan fingerprint density at radius 1 is 1.35 bits per heavy atom. The first-order valence-electron chi connectivity index (χ1n) is 5.38. The average molecular weight is 294 g/mol. The van der Waals surface area contributed by atoms with Crippen LogP contribution in [0.5, 0.6) is 0 Å². The molecule has 17 heavy (non-hydrogen) atoms. The van der Waals surface area contributed by atoms with Gasteiger partial charge in [-0.25, -0.2) is 0 Å². The molecule has 0 atom stereocenters. The van der Waals surface area contributed by atoms with Crippen molar-refractivity contribution in [2.45, 2.75) is 6.92 Å². The zero-order valence-electron chi connectivity index (χ0n) is 9.95. The number of amides is 1. The summed E-state index contributed by atoms with van der Waals surface area (Å²) in [6.07, 6.45) is 3.43. The minimum absolute atomic E-state index is 0.00333. The van der Waals surface area contributed by atoms with Crippen molar-refractivity contribution in [2.75, 3.05) is 13.1 Å². The zero-order chi connectivity index (χ0) is 12.8. The van der Waals surface area contributed by atoms with Gasteiger partial charge in [-0.05, 0) is 24.6 Å². The Hall–Kier alpha value is -1.35. The molecule has 1 aromatic carbocycles. The average Bonchev–Trinajstić information content (AvgIpc) is 2.31. The largest absolute Gasteiger partial charge is 0.331 e. The Kier molecular flexibility index (Phi) is 5.16. The van der Waals surface area contributed by atoms with Crippen LogP contribution >= 0.6 is 15.9 Å². The third-order valence-electron chi connectivity index (χ3n) is 2.48.